The Morgan fingerprint density at radius 3 is 2.54 bits per heavy atom. The van der Waals surface area contributed by atoms with Crippen LogP contribution in [0.2, 0.25) is 0 Å². The summed E-state index contributed by atoms with van der Waals surface area (Å²) in [5.41, 5.74) is 0.380. The lowest BCUT2D eigenvalue weighted by atomic mass is 10.1. The Balaban J connectivity index is 1.57. The van der Waals surface area contributed by atoms with Gasteiger partial charge in [-0.15, -0.1) is 0 Å². The predicted molar refractivity (Wildman–Crippen MR) is 95.6 cm³/mol. The molecule has 4 aromatic rings. The molecule has 0 saturated heterocycles. The average molecular weight is 381 g/mol. The van der Waals surface area contributed by atoms with Gasteiger partial charge in [-0.3, -0.25) is 4.79 Å². The summed E-state index contributed by atoms with van der Waals surface area (Å²) in [5, 5.41) is 6.39. The van der Waals surface area contributed by atoms with Gasteiger partial charge in [-0.05, 0) is 35.9 Å². The molecule has 0 atom stereocenters. The number of hydrogen-bond acceptors (Lipinski definition) is 5. The van der Waals surface area contributed by atoms with Gasteiger partial charge in [-0.25, -0.2) is 8.78 Å². The predicted octanol–water partition coefficient (Wildman–Crippen LogP) is 4.45. The minimum absolute atomic E-state index is 0.212. The molecule has 6 nitrogen and oxygen atoms in total. The van der Waals surface area contributed by atoms with E-state index in [9.17, 15) is 13.6 Å². The van der Waals surface area contributed by atoms with E-state index in [1.807, 2.05) is 0 Å². The molecule has 1 amide bonds. The fourth-order valence-corrected chi connectivity index (χ4v) is 2.69. The second-order valence-corrected chi connectivity index (χ2v) is 5.87. The highest BCUT2D eigenvalue weighted by atomic mass is 19.1. The molecule has 4 rings (SSSR count). The number of nitrogens with one attached hydrogen (secondary N) is 1. The summed E-state index contributed by atoms with van der Waals surface area (Å²) in [6, 6.07) is 13.5. The van der Waals surface area contributed by atoms with Gasteiger partial charge < -0.3 is 14.3 Å². The molecule has 2 aromatic carbocycles. The zero-order valence-corrected chi connectivity index (χ0v) is 14.4. The summed E-state index contributed by atoms with van der Waals surface area (Å²) in [7, 11) is 0. The van der Waals surface area contributed by atoms with Crippen LogP contribution in [0.25, 0.3) is 11.6 Å². The molecule has 0 aliphatic carbocycles. The first-order valence-corrected chi connectivity index (χ1v) is 8.31. The number of aromatic nitrogens is 2. The van der Waals surface area contributed by atoms with Crippen molar-refractivity contribution in [1.29, 1.82) is 0 Å². The molecule has 2 aromatic heterocycles. The van der Waals surface area contributed by atoms with Gasteiger partial charge in [-0.2, -0.15) is 4.98 Å². The van der Waals surface area contributed by atoms with E-state index in [0.29, 0.717) is 28.7 Å². The van der Waals surface area contributed by atoms with E-state index in [-0.39, 0.29) is 6.42 Å². The SMILES string of the molecule is O=C(Nc1ccccc1Cc1nc(-c2ccco2)no1)c1c(F)cccc1F. The number of anilines is 1. The lowest BCUT2D eigenvalue weighted by Crippen LogP contribution is -2.17. The molecule has 0 aliphatic rings. The van der Waals surface area contributed by atoms with Crippen LogP contribution >= 0.6 is 0 Å². The maximum absolute atomic E-state index is 13.8. The molecule has 140 valence electrons. The van der Waals surface area contributed by atoms with E-state index in [0.717, 1.165) is 12.1 Å². The Bertz CT molecular complexity index is 1100. The number of carbonyl (C=O) groups is 1. The van der Waals surface area contributed by atoms with E-state index >= 15 is 0 Å². The van der Waals surface area contributed by atoms with E-state index in [4.69, 9.17) is 8.94 Å². The molecule has 0 spiro atoms. The smallest absolute Gasteiger partial charge is 0.261 e. The molecule has 0 radical (unpaired) electrons. The third-order valence-corrected chi connectivity index (χ3v) is 4.01. The highest BCUT2D eigenvalue weighted by molar-refractivity contribution is 6.05. The lowest BCUT2D eigenvalue weighted by Gasteiger charge is -2.10. The first kappa shape index (κ1) is 17.6. The summed E-state index contributed by atoms with van der Waals surface area (Å²) in [6.45, 7) is 0. The van der Waals surface area contributed by atoms with E-state index in [1.54, 1.807) is 36.4 Å². The third-order valence-electron chi connectivity index (χ3n) is 4.01. The second-order valence-electron chi connectivity index (χ2n) is 5.87. The molecule has 0 aliphatic heterocycles. The number of rotatable bonds is 5. The molecular weight excluding hydrogens is 368 g/mol. The molecule has 0 saturated carbocycles. The molecule has 0 fully saturated rings. The maximum Gasteiger partial charge on any atom is 0.261 e. The number of hydrogen-bond donors (Lipinski definition) is 1. The Hall–Kier alpha value is -3.81. The van der Waals surface area contributed by atoms with Crippen molar-refractivity contribution < 1.29 is 22.5 Å². The standard InChI is InChI=1S/C20H13F2N3O3/c21-13-6-3-7-14(22)18(13)20(26)23-15-8-2-1-5-12(15)11-17-24-19(25-28-17)16-9-4-10-27-16/h1-10H,11H2,(H,23,26). The normalized spacial score (nSPS) is 10.8. The van der Waals surface area contributed by atoms with Crippen LogP contribution in [0.3, 0.4) is 0 Å². The van der Waals surface area contributed by atoms with Gasteiger partial charge >= 0.3 is 0 Å². The number of halogens is 2. The molecular formula is C20H13F2N3O3. The summed E-state index contributed by atoms with van der Waals surface area (Å²) in [4.78, 5) is 16.6. The van der Waals surface area contributed by atoms with Crippen LogP contribution in [0.1, 0.15) is 21.8 Å². The van der Waals surface area contributed by atoms with Crippen molar-refractivity contribution in [1.82, 2.24) is 10.1 Å². The number of benzene rings is 2. The van der Waals surface area contributed by atoms with Crippen LogP contribution in [0.15, 0.2) is 69.8 Å². The van der Waals surface area contributed by atoms with E-state index in [2.05, 4.69) is 15.5 Å². The highest BCUT2D eigenvalue weighted by Crippen LogP contribution is 2.22. The van der Waals surface area contributed by atoms with Crippen LogP contribution in [0, 0.1) is 11.6 Å². The van der Waals surface area contributed by atoms with Crippen molar-refractivity contribution in [3.63, 3.8) is 0 Å². The van der Waals surface area contributed by atoms with Crippen molar-refractivity contribution in [2.45, 2.75) is 6.42 Å². The van der Waals surface area contributed by atoms with Gasteiger partial charge in [0.15, 0.2) is 5.76 Å². The van der Waals surface area contributed by atoms with Crippen LogP contribution in [0.5, 0.6) is 0 Å². The van der Waals surface area contributed by atoms with Crippen LogP contribution < -0.4 is 5.32 Å². The lowest BCUT2D eigenvalue weighted by molar-refractivity contribution is 0.101. The van der Waals surface area contributed by atoms with Gasteiger partial charge in [0.2, 0.25) is 11.7 Å². The van der Waals surface area contributed by atoms with Crippen molar-refractivity contribution >= 4 is 11.6 Å². The maximum atomic E-state index is 13.8. The first-order chi connectivity index (χ1) is 13.6. The average Bonchev–Trinajstić information content (AvgIpc) is 3.35. The largest absolute Gasteiger partial charge is 0.461 e. The Morgan fingerprint density at radius 2 is 1.79 bits per heavy atom. The quantitative estimate of drug-likeness (QED) is 0.552. The number of para-hydroxylation sites is 1. The number of amides is 1. The van der Waals surface area contributed by atoms with Gasteiger partial charge in [0.1, 0.15) is 17.2 Å². The molecule has 0 unspecified atom stereocenters. The fourth-order valence-electron chi connectivity index (χ4n) is 2.69. The summed E-state index contributed by atoms with van der Waals surface area (Å²) in [5.74, 6) is -1.69. The summed E-state index contributed by atoms with van der Waals surface area (Å²) >= 11 is 0. The van der Waals surface area contributed by atoms with E-state index in [1.165, 1.54) is 12.3 Å². The Morgan fingerprint density at radius 1 is 1.00 bits per heavy atom. The third kappa shape index (κ3) is 3.52. The molecule has 28 heavy (non-hydrogen) atoms. The second kappa shape index (κ2) is 7.43. The molecule has 2 heterocycles. The zero-order chi connectivity index (χ0) is 19.5. The summed E-state index contributed by atoms with van der Waals surface area (Å²) < 4.78 is 38.1. The Kier molecular flexibility index (Phi) is 4.67. The number of nitrogens with zero attached hydrogens (tertiary/aromatic N) is 2. The molecule has 8 heteroatoms. The van der Waals surface area contributed by atoms with Crippen LogP contribution in [0.4, 0.5) is 14.5 Å². The van der Waals surface area contributed by atoms with Crippen molar-refractivity contribution in [2.24, 2.45) is 0 Å². The topological polar surface area (TPSA) is 81.2 Å². The number of carbonyl (C=O) groups excluding carboxylic acids is 1. The molecule has 0 bridgehead atoms. The van der Waals surface area contributed by atoms with Crippen LogP contribution in [-0.2, 0) is 6.42 Å². The highest BCUT2D eigenvalue weighted by Gasteiger charge is 2.19. The van der Waals surface area contributed by atoms with E-state index < -0.39 is 23.1 Å². The minimum Gasteiger partial charge on any atom is -0.461 e. The van der Waals surface area contributed by atoms with Crippen LogP contribution in [-0.4, -0.2) is 16.0 Å². The minimum atomic E-state index is -0.935. The number of furan rings is 1. The van der Waals surface area contributed by atoms with Gasteiger partial charge in [-0.1, -0.05) is 29.4 Å². The summed E-state index contributed by atoms with van der Waals surface area (Å²) in [6.07, 6.45) is 1.71. The fraction of sp³-hybridized carbons (Fsp3) is 0.0500. The molecule has 1 N–H and O–H groups in total. The van der Waals surface area contributed by atoms with Crippen molar-refractivity contribution in [3.05, 3.63) is 89.5 Å². The first-order valence-electron chi connectivity index (χ1n) is 8.31. The van der Waals surface area contributed by atoms with Gasteiger partial charge in [0.25, 0.3) is 5.91 Å². The van der Waals surface area contributed by atoms with Gasteiger partial charge in [0, 0.05) is 5.69 Å². The van der Waals surface area contributed by atoms with Gasteiger partial charge in [0.05, 0.1) is 12.7 Å². The zero-order valence-electron chi connectivity index (χ0n) is 14.4. The Labute approximate surface area is 157 Å². The monoisotopic (exact) mass is 381 g/mol. The van der Waals surface area contributed by atoms with Crippen molar-refractivity contribution in [3.8, 4) is 11.6 Å². The van der Waals surface area contributed by atoms with Crippen molar-refractivity contribution in [2.75, 3.05) is 5.32 Å².